The van der Waals surface area contributed by atoms with Crippen molar-refractivity contribution in [2.45, 2.75) is 40.2 Å². The molecule has 19 heavy (non-hydrogen) atoms. The zero-order valence-corrected chi connectivity index (χ0v) is 12.0. The number of carbonyl (C=O) groups excluding carboxylic acids is 1. The second-order valence-electron chi connectivity index (χ2n) is 4.84. The van der Waals surface area contributed by atoms with Crippen molar-refractivity contribution in [1.82, 2.24) is 9.88 Å². The summed E-state index contributed by atoms with van der Waals surface area (Å²) >= 11 is 0. The average Bonchev–Trinajstić information content (AvgIpc) is 2.72. The lowest BCUT2D eigenvalue weighted by molar-refractivity contribution is 0.0944. The SMILES string of the molecule is CCCCNC(=O)c1c(C)c2ccccc2n1CC. The molecule has 1 heterocycles. The highest BCUT2D eigenvalue weighted by Gasteiger charge is 2.18. The van der Waals surface area contributed by atoms with Crippen LogP contribution < -0.4 is 5.32 Å². The summed E-state index contributed by atoms with van der Waals surface area (Å²) < 4.78 is 2.10. The van der Waals surface area contributed by atoms with Crippen LogP contribution in [0.4, 0.5) is 0 Å². The first-order valence-corrected chi connectivity index (χ1v) is 7.06. The minimum Gasteiger partial charge on any atom is -0.351 e. The lowest BCUT2D eigenvalue weighted by Gasteiger charge is -2.09. The van der Waals surface area contributed by atoms with Gasteiger partial charge in [0.25, 0.3) is 5.91 Å². The largest absolute Gasteiger partial charge is 0.351 e. The molecule has 102 valence electrons. The maximum absolute atomic E-state index is 12.4. The molecule has 1 aromatic carbocycles. The molecule has 0 aliphatic carbocycles. The summed E-state index contributed by atoms with van der Waals surface area (Å²) in [7, 11) is 0. The van der Waals surface area contributed by atoms with Gasteiger partial charge in [-0.05, 0) is 31.9 Å². The number of carbonyl (C=O) groups is 1. The number of nitrogens with zero attached hydrogens (tertiary/aromatic N) is 1. The van der Waals surface area contributed by atoms with Crippen LogP contribution in [0.5, 0.6) is 0 Å². The van der Waals surface area contributed by atoms with Gasteiger partial charge in [-0.1, -0.05) is 31.5 Å². The summed E-state index contributed by atoms with van der Waals surface area (Å²) in [6.45, 7) is 7.79. The number of hydrogen-bond donors (Lipinski definition) is 1. The fraction of sp³-hybridized carbons (Fsp3) is 0.438. The Hall–Kier alpha value is -1.77. The van der Waals surface area contributed by atoms with Crippen LogP contribution in [0.2, 0.25) is 0 Å². The van der Waals surface area contributed by atoms with Crippen LogP contribution in [0.3, 0.4) is 0 Å². The predicted octanol–water partition coefficient (Wildman–Crippen LogP) is 3.50. The highest BCUT2D eigenvalue weighted by molar-refractivity contribution is 6.01. The van der Waals surface area contributed by atoms with Gasteiger partial charge >= 0.3 is 0 Å². The first kappa shape index (κ1) is 13.7. The Morgan fingerprint density at radius 2 is 2.00 bits per heavy atom. The smallest absolute Gasteiger partial charge is 0.268 e. The van der Waals surface area contributed by atoms with E-state index in [-0.39, 0.29) is 5.91 Å². The Balaban J connectivity index is 2.41. The number of nitrogens with one attached hydrogen (secondary N) is 1. The number of benzene rings is 1. The lowest BCUT2D eigenvalue weighted by Crippen LogP contribution is -2.27. The standard InChI is InChI=1S/C16H22N2O/c1-4-6-11-17-16(19)15-12(3)13-9-7-8-10-14(13)18(15)5-2/h7-10H,4-6,11H2,1-3H3,(H,17,19). The van der Waals surface area contributed by atoms with E-state index in [1.165, 1.54) is 5.39 Å². The van der Waals surface area contributed by atoms with Crippen LogP contribution in [0.15, 0.2) is 24.3 Å². The van der Waals surface area contributed by atoms with E-state index in [0.29, 0.717) is 0 Å². The molecule has 0 atom stereocenters. The van der Waals surface area contributed by atoms with E-state index in [2.05, 4.69) is 35.9 Å². The highest BCUT2D eigenvalue weighted by atomic mass is 16.1. The molecule has 0 radical (unpaired) electrons. The van der Waals surface area contributed by atoms with E-state index in [9.17, 15) is 4.79 Å². The molecule has 2 rings (SSSR count). The third-order valence-corrected chi connectivity index (χ3v) is 3.57. The van der Waals surface area contributed by atoms with Gasteiger partial charge in [0.1, 0.15) is 5.69 Å². The molecule has 1 N–H and O–H groups in total. The third kappa shape index (κ3) is 2.50. The van der Waals surface area contributed by atoms with Crippen LogP contribution in [0.25, 0.3) is 10.9 Å². The normalized spacial score (nSPS) is 10.9. The van der Waals surface area contributed by atoms with Crippen LogP contribution in [-0.4, -0.2) is 17.0 Å². The third-order valence-electron chi connectivity index (χ3n) is 3.57. The van der Waals surface area contributed by atoms with Crippen molar-refractivity contribution < 1.29 is 4.79 Å². The van der Waals surface area contributed by atoms with Gasteiger partial charge in [-0.2, -0.15) is 0 Å². The van der Waals surface area contributed by atoms with Gasteiger partial charge in [-0.25, -0.2) is 0 Å². The summed E-state index contributed by atoms with van der Waals surface area (Å²) in [4.78, 5) is 12.4. The van der Waals surface area contributed by atoms with Crippen LogP contribution in [0.1, 0.15) is 42.7 Å². The number of amides is 1. The van der Waals surface area contributed by atoms with Gasteiger partial charge in [0.05, 0.1) is 0 Å². The maximum Gasteiger partial charge on any atom is 0.268 e. The number of rotatable bonds is 5. The topological polar surface area (TPSA) is 34.0 Å². The first-order chi connectivity index (χ1) is 9.20. The molecule has 0 fully saturated rings. The first-order valence-electron chi connectivity index (χ1n) is 7.06. The number of para-hydroxylation sites is 1. The quantitative estimate of drug-likeness (QED) is 0.818. The van der Waals surface area contributed by atoms with Gasteiger partial charge in [0.2, 0.25) is 0 Å². The molecule has 0 aliphatic rings. The molecule has 1 aromatic heterocycles. The molecule has 1 amide bonds. The summed E-state index contributed by atoms with van der Waals surface area (Å²) in [5.74, 6) is 0.0454. The molecule has 0 saturated carbocycles. The van der Waals surface area contributed by atoms with Crippen molar-refractivity contribution in [2.75, 3.05) is 6.54 Å². The molecule has 2 aromatic rings. The molecule has 0 unspecified atom stereocenters. The molecular formula is C16H22N2O. The van der Waals surface area contributed by atoms with Crippen molar-refractivity contribution >= 4 is 16.8 Å². The van der Waals surface area contributed by atoms with Crippen LogP contribution in [-0.2, 0) is 6.54 Å². The molecule has 3 heteroatoms. The lowest BCUT2D eigenvalue weighted by atomic mass is 10.1. The van der Waals surface area contributed by atoms with Crippen molar-refractivity contribution in [1.29, 1.82) is 0 Å². The minimum absolute atomic E-state index is 0.0454. The fourth-order valence-corrected chi connectivity index (χ4v) is 2.56. The molecule has 0 aliphatic heterocycles. The fourth-order valence-electron chi connectivity index (χ4n) is 2.56. The Bertz CT molecular complexity index is 584. The number of aromatic nitrogens is 1. The summed E-state index contributed by atoms with van der Waals surface area (Å²) in [5.41, 5.74) is 3.02. The van der Waals surface area contributed by atoms with Gasteiger partial charge in [-0.15, -0.1) is 0 Å². The second-order valence-corrected chi connectivity index (χ2v) is 4.84. The van der Waals surface area contributed by atoms with Crippen molar-refractivity contribution in [3.05, 3.63) is 35.5 Å². The number of aryl methyl sites for hydroxylation is 2. The van der Waals surface area contributed by atoms with E-state index in [0.717, 1.165) is 42.7 Å². The van der Waals surface area contributed by atoms with E-state index in [1.54, 1.807) is 0 Å². The zero-order valence-electron chi connectivity index (χ0n) is 12.0. The Kier molecular flexibility index (Phi) is 4.25. The zero-order chi connectivity index (χ0) is 13.8. The van der Waals surface area contributed by atoms with Crippen molar-refractivity contribution in [3.8, 4) is 0 Å². The molecule has 3 nitrogen and oxygen atoms in total. The molecular weight excluding hydrogens is 236 g/mol. The van der Waals surface area contributed by atoms with E-state index in [4.69, 9.17) is 0 Å². The van der Waals surface area contributed by atoms with Crippen molar-refractivity contribution in [2.24, 2.45) is 0 Å². The minimum atomic E-state index is 0.0454. The predicted molar refractivity (Wildman–Crippen MR) is 79.6 cm³/mol. The summed E-state index contributed by atoms with van der Waals surface area (Å²) in [6.07, 6.45) is 2.12. The Morgan fingerprint density at radius 1 is 1.26 bits per heavy atom. The molecule has 0 saturated heterocycles. The number of hydrogen-bond acceptors (Lipinski definition) is 1. The summed E-state index contributed by atoms with van der Waals surface area (Å²) in [6, 6.07) is 8.20. The Labute approximate surface area is 114 Å². The second kappa shape index (κ2) is 5.91. The van der Waals surface area contributed by atoms with Crippen LogP contribution >= 0.6 is 0 Å². The molecule has 0 spiro atoms. The van der Waals surface area contributed by atoms with Crippen molar-refractivity contribution in [3.63, 3.8) is 0 Å². The van der Waals surface area contributed by atoms with Gasteiger partial charge in [0.15, 0.2) is 0 Å². The summed E-state index contributed by atoms with van der Waals surface area (Å²) in [5, 5.41) is 4.19. The van der Waals surface area contributed by atoms with Gasteiger partial charge in [-0.3, -0.25) is 4.79 Å². The highest BCUT2D eigenvalue weighted by Crippen LogP contribution is 2.25. The van der Waals surface area contributed by atoms with Gasteiger partial charge in [0, 0.05) is 24.0 Å². The van der Waals surface area contributed by atoms with E-state index in [1.807, 2.05) is 19.1 Å². The number of unbranched alkanes of at least 4 members (excludes halogenated alkanes) is 1. The molecule has 0 bridgehead atoms. The van der Waals surface area contributed by atoms with Crippen LogP contribution in [0, 0.1) is 6.92 Å². The number of fused-ring (bicyclic) bond motifs is 1. The van der Waals surface area contributed by atoms with E-state index >= 15 is 0 Å². The monoisotopic (exact) mass is 258 g/mol. The van der Waals surface area contributed by atoms with E-state index < -0.39 is 0 Å². The Morgan fingerprint density at radius 3 is 2.68 bits per heavy atom. The van der Waals surface area contributed by atoms with Gasteiger partial charge < -0.3 is 9.88 Å². The average molecular weight is 258 g/mol. The maximum atomic E-state index is 12.4.